The maximum Gasteiger partial charge on any atom is 0.324 e. The highest BCUT2D eigenvalue weighted by Gasteiger charge is 2.27. The summed E-state index contributed by atoms with van der Waals surface area (Å²) in [6, 6.07) is 7.27. The Labute approximate surface area is 163 Å². The van der Waals surface area contributed by atoms with Gasteiger partial charge in [0, 0.05) is 38.8 Å². The molecule has 0 radical (unpaired) electrons. The molecule has 2 rings (SSSR count). The van der Waals surface area contributed by atoms with Crippen LogP contribution in [-0.2, 0) is 11.3 Å². The highest BCUT2D eigenvalue weighted by Crippen LogP contribution is 2.16. The molecule has 0 spiro atoms. The van der Waals surface area contributed by atoms with Gasteiger partial charge in [0.2, 0.25) is 5.91 Å². The summed E-state index contributed by atoms with van der Waals surface area (Å²) in [6.07, 6.45) is 0. The molecule has 1 aromatic carbocycles. The summed E-state index contributed by atoms with van der Waals surface area (Å²) in [7, 11) is 3.57. The quantitative estimate of drug-likeness (QED) is 0.299. The molecule has 7 nitrogen and oxygen atoms in total. The molecule has 1 fully saturated rings. The molecule has 1 saturated heterocycles. The van der Waals surface area contributed by atoms with Crippen molar-refractivity contribution in [1.82, 2.24) is 20.4 Å². The zero-order chi connectivity index (χ0) is 16.8. The van der Waals surface area contributed by atoms with E-state index in [2.05, 4.69) is 15.6 Å². The van der Waals surface area contributed by atoms with Crippen molar-refractivity contribution >= 4 is 53.5 Å². The Morgan fingerprint density at radius 3 is 2.71 bits per heavy atom. The number of nitrogens with zero attached hydrogens (tertiary/aromatic N) is 3. The molecule has 0 saturated carbocycles. The van der Waals surface area contributed by atoms with E-state index in [4.69, 9.17) is 11.6 Å². The zero-order valence-corrected chi connectivity index (χ0v) is 16.7. The Hall–Kier alpha value is -1.55. The predicted octanol–water partition coefficient (Wildman–Crippen LogP) is 1.52. The van der Waals surface area contributed by atoms with Gasteiger partial charge in [-0.3, -0.25) is 14.7 Å². The molecule has 1 aliphatic rings. The fraction of sp³-hybridized carbons (Fsp3) is 0.400. The van der Waals surface area contributed by atoms with Gasteiger partial charge in [-0.25, -0.2) is 4.79 Å². The fourth-order valence-corrected chi connectivity index (χ4v) is 2.50. The number of rotatable bonds is 5. The maximum atomic E-state index is 11.5. The van der Waals surface area contributed by atoms with Crippen molar-refractivity contribution in [3.63, 3.8) is 0 Å². The first-order valence-electron chi connectivity index (χ1n) is 7.26. The summed E-state index contributed by atoms with van der Waals surface area (Å²) in [5.74, 6) is 0.452. The molecule has 132 valence electrons. The first-order valence-corrected chi connectivity index (χ1v) is 7.64. The minimum absolute atomic E-state index is 0. The van der Waals surface area contributed by atoms with Gasteiger partial charge < -0.3 is 15.5 Å². The topological polar surface area (TPSA) is 77.0 Å². The van der Waals surface area contributed by atoms with E-state index in [1.807, 2.05) is 36.2 Å². The Morgan fingerprint density at radius 1 is 1.42 bits per heavy atom. The number of nitrogens with one attached hydrogen (secondary N) is 2. The van der Waals surface area contributed by atoms with E-state index in [1.165, 1.54) is 4.90 Å². The highest BCUT2D eigenvalue weighted by atomic mass is 127. The molecule has 1 aromatic rings. The maximum absolute atomic E-state index is 11.5. The number of imide groups is 1. The smallest absolute Gasteiger partial charge is 0.324 e. The standard InChI is InChI=1S/C15H20ClN5O2.HI/c1-17-14(18-7-8-21-13(22)9-19-15(21)23)20(2)10-11-5-3-4-6-12(11)16;/h3-6H,7-10H2,1-2H3,(H,17,18)(H,19,23);1H. The van der Waals surface area contributed by atoms with Gasteiger partial charge in [0.25, 0.3) is 0 Å². The molecule has 1 heterocycles. The summed E-state index contributed by atoms with van der Waals surface area (Å²) in [5.41, 5.74) is 0.994. The van der Waals surface area contributed by atoms with Crippen LogP contribution in [0.15, 0.2) is 29.3 Å². The van der Waals surface area contributed by atoms with E-state index < -0.39 is 0 Å². The lowest BCUT2D eigenvalue weighted by Gasteiger charge is -2.23. The van der Waals surface area contributed by atoms with Gasteiger partial charge in [-0.2, -0.15) is 0 Å². The normalized spacial score (nSPS) is 14.3. The van der Waals surface area contributed by atoms with Crippen molar-refractivity contribution < 1.29 is 9.59 Å². The van der Waals surface area contributed by atoms with Crippen LogP contribution >= 0.6 is 35.6 Å². The molecule has 0 aromatic heterocycles. The molecule has 9 heteroatoms. The molecule has 2 N–H and O–H groups in total. The third-order valence-corrected chi connectivity index (χ3v) is 3.86. The number of carbonyl (C=O) groups is 2. The molecule has 1 aliphatic heterocycles. The lowest BCUT2D eigenvalue weighted by atomic mass is 10.2. The van der Waals surface area contributed by atoms with Gasteiger partial charge in [0.15, 0.2) is 5.96 Å². The van der Waals surface area contributed by atoms with Crippen molar-refractivity contribution in [3.05, 3.63) is 34.9 Å². The second kappa shape index (κ2) is 9.67. The second-order valence-corrected chi connectivity index (χ2v) is 5.53. The third-order valence-electron chi connectivity index (χ3n) is 3.49. The summed E-state index contributed by atoms with van der Waals surface area (Å²) in [6.45, 7) is 1.39. The van der Waals surface area contributed by atoms with Gasteiger partial charge in [0.1, 0.15) is 0 Å². The van der Waals surface area contributed by atoms with E-state index in [1.54, 1.807) is 7.05 Å². The van der Waals surface area contributed by atoms with Crippen LogP contribution in [0, 0.1) is 0 Å². The Morgan fingerprint density at radius 2 is 2.12 bits per heavy atom. The predicted molar refractivity (Wildman–Crippen MR) is 105 cm³/mol. The lowest BCUT2D eigenvalue weighted by Crippen LogP contribution is -2.43. The van der Waals surface area contributed by atoms with Crippen molar-refractivity contribution in [2.45, 2.75) is 6.54 Å². The number of amides is 3. The van der Waals surface area contributed by atoms with E-state index in [0.29, 0.717) is 30.6 Å². The largest absolute Gasteiger partial charge is 0.354 e. The van der Waals surface area contributed by atoms with E-state index >= 15 is 0 Å². The van der Waals surface area contributed by atoms with Crippen LogP contribution in [0.2, 0.25) is 5.02 Å². The van der Waals surface area contributed by atoms with Gasteiger partial charge in [-0.1, -0.05) is 29.8 Å². The fourth-order valence-electron chi connectivity index (χ4n) is 2.30. The first-order chi connectivity index (χ1) is 11.0. The van der Waals surface area contributed by atoms with Crippen LogP contribution in [0.1, 0.15) is 5.56 Å². The number of carbonyl (C=O) groups excluding carboxylic acids is 2. The molecule has 0 atom stereocenters. The lowest BCUT2D eigenvalue weighted by molar-refractivity contribution is -0.124. The van der Waals surface area contributed by atoms with Crippen LogP contribution in [0.5, 0.6) is 0 Å². The van der Waals surface area contributed by atoms with E-state index in [0.717, 1.165) is 5.56 Å². The van der Waals surface area contributed by atoms with Crippen LogP contribution in [0.25, 0.3) is 0 Å². The SMILES string of the molecule is CN=C(NCCN1C(=O)CNC1=O)N(C)Cc1ccccc1Cl.I. The number of aliphatic imine (C=N–C) groups is 1. The number of benzene rings is 1. The van der Waals surface area contributed by atoms with Crippen molar-refractivity contribution in [2.75, 3.05) is 33.7 Å². The summed E-state index contributed by atoms with van der Waals surface area (Å²) >= 11 is 6.16. The molecule has 3 amide bonds. The summed E-state index contributed by atoms with van der Waals surface area (Å²) < 4.78 is 0. The van der Waals surface area contributed by atoms with Crippen LogP contribution in [-0.4, -0.2) is 61.4 Å². The monoisotopic (exact) mass is 465 g/mol. The van der Waals surface area contributed by atoms with Gasteiger partial charge >= 0.3 is 6.03 Å². The summed E-state index contributed by atoms with van der Waals surface area (Å²) in [5, 5.41) is 6.33. The van der Waals surface area contributed by atoms with Crippen molar-refractivity contribution in [1.29, 1.82) is 0 Å². The molecule has 24 heavy (non-hydrogen) atoms. The van der Waals surface area contributed by atoms with Gasteiger partial charge in [-0.05, 0) is 11.6 Å². The minimum Gasteiger partial charge on any atom is -0.354 e. The van der Waals surface area contributed by atoms with Gasteiger partial charge in [0.05, 0.1) is 6.54 Å². The number of halogens is 2. The van der Waals surface area contributed by atoms with Crippen LogP contribution in [0.3, 0.4) is 0 Å². The van der Waals surface area contributed by atoms with E-state index in [-0.39, 0.29) is 42.5 Å². The molecule has 0 bridgehead atoms. The number of hydrogen-bond donors (Lipinski definition) is 2. The Bertz CT molecular complexity index is 610. The van der Waals surface area contributed by atoms with E-state index in [9.17, 15) is 9.59 Å². The molecule has 0 unspecified atom stereocenters. The third kappa shape index (κ3) is 5.23. The number of hydrogen-bond acceptors (Lipinski definition) is 3. The molecular formula is C15H21ClIN5O2. The average Bonchev–Trinajstić information content (AvgIpc) is 2.85. The van der Waals surface area contributed by atoms with Crippen LogP contribution < -0.4 is 10.6 Å². The zero-order valence-electron chi connectivity index (χ0n) is 13.6. The molecule has 0 aliphatic carbocycles. The Balaban J connectivity index is 0.00000288. The minimum atomic E-state index is -0.351. The number of urea groups is 1. The molecular weight excluding hydrogens is 445 g/mol. The van der Waals surface area contributed by atoms with Crippen LogP contribution in [0.4, 0.5) is 4.79 Å². The first kappa shape index (κ1) is 20.5. The van der Waals surface area contributed by atoms with Gasteiger partial charge in [-0.15, -0.1) is 24.0 Å². The summed E-state index contributed by atoms with van der Waals surface area (Å²) in [4.78, 5) is 30.3. The second-order valence-electron chi connectivity index (χ2n) is 5.13. The highest BCUT2D eigenvalue weighted by molar-refractivity contribution is 14.0. The van der Waals surface area contributed by atoms with Crippen molar-refractivity contribution in [3.8, 4) is 0 Å². The average molecular weight is 466 g/mol. The number of guanidine groups is 1. The van der Waals surface area contributed by atoms with Crippen molar-refractivity contribution in [2.24, 2.45) is 4.99 Å². The Kier molecular flexibility index (Phi) is 8.26.